The van der Waals surface area contributed by atoms with Gasteiger partial charge in [-0.2, -0.15) is 0 Å². The molecule has 0 saturated heterocycles. The average Bonchev–Trinajstić information content (AvgIpc) is 2.47. The third kappa shape index (κ3) is 4.62. The number of ether oxygens (including phenoxy) is 1. The number of carbonyl (C=O) groups excluding carboxylic acids is 1. The van der Waals surface area contributed by atoms with Crippen LogP contribution in [-0.4, -0.2) is 17.5 Å². The first-order valence-corrected chi connectivity index (χ1v) is 7.10. The summed E-state index contributed by atoms with van der Waals surface area (Å²) < 4.78 is 5.37. The highest BCUT2D eigenvalue weighted by molar-refractivity contribution is 6.35. The Morgan fingerprint density at radius 1 is 1.33 bits per heavy atom. The normalized spacial score (nSPS) is 11.8. The van der Waals surface area contributed by atoms with Crippen molar-refractivity contribution in [2.45, 2.75) is 13.0 Å². The average molecular weight is 325 g/mol. The second-order valence-electron chi connectivity index (χ2n) is 4.41. The van der Waals surface area contributed by atoms with Gasteiger partial charge in [0, 0.05) is 11.2 Å². The second-order valence-corrected chi connectivity index (χ2v) is 5.25. The summed E-state index contributed by atoms with van der Waals surface area (Å²) in [4.78, 5) is 16.0. The van der Waals surface area contributed by atoms with E-state index in [1.165, 1.54) is 0 Å². The van der Waals surface area contributed by atoms with Crippen LogP contribution in [0.1, 0.15) is 18.7 Å². The van der Waals surface area contributed by atoms with Crippen LogP contribution in [0.4, 0.5) is 0 Å². The first-order valence-electron chi connectivity index (χ1n) is 6.34. The van der Waals surface area contributed by atoms with Crippen LogP contribution in [0, 0.1) is 0 Å². The summed E-state index contributed by atoms with van der Waals surface area (Å²) in [6.07, 6.45) is 1.68. The molecule has 0 saturated carbocycles. The summed E-state index contributed by atoms with van der Waals surface area (Å²) in [7, 11) is 0. The number of nitrogens with one attached hydrogen (secondary N) is 1. The number of pyridine rings is 1. The van der Waals surface area contributed by atoms with Crippen LogP contribution in [-0.2, 0) is 4.79 Å². The molecule has 0 fully saturated rings. The summed E-state index contributed by atoms with van der Waals surface area (Å²) in [5, 5.41) is 3.68. The van der Waals surface area contributed by atoms with E-state index in [-0.39, 0.29) is 18.6 Å². The van der Waals surface area contributed by atoms with Crippen LogP contribution in [0.15, 0.2) is 42.6 Å². The molecule has 0 radical (unpaired) electrons. The number of aromatic nitrogens is 1. The van der Waals surface area contributed by atoms with E-state index in [9.17, 15) is 4.79 Å². The minimum atomic E-state index is -0.251. The molecule has 2 aromatic rings. The SMILES string of the molecule is CC(NC(=O)COc1ccc(Cl)cc1Cl)c1ccccn1. The molecule has 0 aliphatic carbocycles. The van der Waals surface area contributed by atoms with E-state index in [4.69, 9.17) is 27.9 Å². The van der Waals surface area contributed by atoms with Crippen LogP contribution in [0.3, 0.4) is 0 Å². The van der Waals surface area contributed by atoms with Crippen molar-refractivity contribution in [1.82, 2.24) is 10.3 Å². The molecule has 0 bridgehead atoms. The highest BCUT2D eigenvalue weighted by Gasteiger charge is 2.11. The predicted molar refractivity (Wildman–Crippen MR) is 82.8 cm³/mol. The topological polar surface area (TPSA) is 51.2 Å². The van der Waals surface area contributed by atoms with Crippen molar-refractivity contribution in [3.05, 3.63) is 58.3 Å². The lowest BCUT2D eigenvalue weighted by atomic mass is 10.2. The standard InChI is InChI=1S/C15H14Cl2N2O2/c1-10(13-4-2-3-7-18-13)19-15(20)9-21-14-6-5-11(16)8-12(14)17/h2-8,10H,9H2,1H3,(H,19,20). The quantitative estimate of drug-likeness (QED) is 0.913. The number of halogens is 2. The fraction of sp³-hybridized carbons (Fsp3) is 0.200. The molecule has 1 aromatic carbocycles. The number of amides is 1. The zero-order valence-corrected chi connectivity index (χ0v) is 12.9. The van der Waals surface area contributed by atoms with Crippen molar-refractivity contribution in [2.75, 3.05) is 6.61 Å². The van der Waals surface area contributed by atoms with E-state index in [1.807, 2.05) is 25.1 Å². The lowest BCUT2D eigenvalue weighted by Crippen LogP contribution is -2.31. The molecule has 2 rings (SSSR count). The summed E-state index contributed by atoms with van der Waals surface area (Å²) in [5.41, 5.74) is 0.787. The molecule has 1 unspecified atom stereocenters. The molecule has 21 heavy (non-hydrogen) atoms. The third-order valence-corrected chi connectivity index (χ3v) is 3.29. The molecule has 6 heteroatoms. The largest absolute Gasteiger partial charge is 0.482 e. The third-order valence-electron chi connectivity index (χ3n) is 2.76. The van der Waals surface area contributed by atoms with Gasteiger partial charge in [-0.3, -0.25) is 9.78 Å². The smallest absolute Gasteiger partial charge is 0.258 e. The van der Waals surface area contributed by atoms with Crippen molar-refractivity contribution in [1.29, 1.82) is 0 Å². The highest BCUT2D eigenvalue weighted by atomic mass is 35.5. The van der Waals surface area contributed by atoms with Crippen molar-refractivity contribution < 1.29 is 9.53 Å². The van der Waals surface area contributed by atoms with Gasteiger partial charge in [0.1, 0.15) is 5.75 Å². The fourth-order valence-electron chi connectivity index (χ4n) is 1.72. The van der Waals surface area contributed by atoms with Crippen LogP contribution < -0.4 is 10.1 Å². The number of rotatable bonds is 5. The van der Waals surface area contributed by atoms with Gasteiger partial charge in [0.25, 0.3) is 5.91 Å². The van der Waals surface area contributed by atoms with Crippen molar-refractivity contribution in [3.63, 3.8) is 0 Å². The first kappa shape index (κ1) is 15.6. The summed E-state index contributed by atoms with van der Waals surface area (Å²) >= 11 is 11.8. The molecule has 0 aliphatic heterocycles. The van der Waals surface area contributed by atoms with Crippen molar-refractivity contribution >= 4 is 29.1 Å². The number of hydrogen-bond donors (Lipinski definition) is 1. The van der Waals surface area contributed by atoms with Crippen molar-refractivity contribution in [2.24, 2.45) is 0 Å². The van der Waals surface area contributed by atoms with Crippen molar-refractivity contribution in [3.8, 4) is 5.75 Å². The summed E-state index contributed by atoms with van der Waals surface area (Å²) in [5.74, 6) is 0.167. The Kier molecular flexibility index (Phi) is 5.42. The minimum absolute atomic E-state index is 0.126. The minimum Gasteiger partial charge on any atom is -0.482 e. The number of benzene rings is 1. The maximum absolute atomic E-state index is 11.8. The van der Waals surface area contributed by atoms with E-state index in [1.54, 1.807) is 24.4 Å². The lowest BCUT2D eigenvalue weighted by molar-refractivity contribution is -0.123. The van der Waals surface area contributed by atoms with Gasteiger partial charge in [0.2, 0.25) is 0 Å². The summed E-state index contributed by atoms with van der Waals surface area (Å²) in [6.45, 7) is 1.73. The van der Waals surface area contributed by atoms with Gasteiger partial charge in [0.05, 0.1) is 16.8 Å². The first-order chi connectivity index (χ1) is 10.1. The number of hydrogen-bond acceptors (Lipinski definition) is 3. The lowest BCUT2D eigenvalue weighted by Gasteiger charge is -2.14. The molecule has 1 amide bonds. The van der Waals surface area contributed by atoms with Crippen LogP contribution in [0.2, 0.25) is 10.0 Å². The molecule has 110 valence electrons. The Labute approximate surface area is 133 Å². The van der Waals surface area contributed by atoms with Crippen LogP contribution in [0.5, 0.6) is 5.75 Å². The maximum Gasteiger partial charge on any atom is 0.258 e. The van der Waals surface area contributed by atoms with E-state index in [0.717, 1.165) is 5.69 Å². The van der Waals surface area contributed by atoms with E-state index in [0.29, 0.717) is 15.8 Å². The summed E-state index contributed by atoms with van der Waals surface area (Å²) in [6, 6.07) is 10.2. The molecule has 1 aromatic heterocycles. The number of carbonyl (C=O) groups is 1. The molecule has 0 spiro atoms. The fourth-order valence-corrected chi connectivity index (χ4v) is 2.19. The van der Waals surface area contributed by atoms with E-state index in [2.05, 4.69) is 10.3 Å². The Balaban J connectivity index is 1.87. The molecule has 1 heterocycles. The Morgan fingerprint density at radius 3 is 2.81 bits per heavy atom. The molecular weight excluding hydrogens is 311 g/mol. The zero-order valence-electron chi connectivity index (χ0n) is 11.3. The van der Waals surface area contributed by atoms with E-state index < -0.39 is 0 Å². The zero-order chi connectivity index (χ0) is 15.2. The van der Waals surface area contributed by atoms with Gasteiger partial charge in [0.15, 0.2) is 6.61 Å². The molecule has 0 aliphatic rings. The monoisotopic (exact) mass is 324 g/mol. The predicted octanol–water partition coefficient (Wildman–Crippen LogP) is 3.64. The van der Waals surface area contributed by atoms with Gasteiger partial charge in [-0.25, -0.2) is 0 Å². The second kappa shape index (κ2) is 7.29. The van der Waals surface area contributed by atoms with Gasteiger partial charge in [-0.05, 0) is 37.3 Å². The Hall–Kier alpha value is -1.78. The molecule has 4 nitrogen and oxygen atoms in total. The van der Waals surface area contributed by atoms with Gasteiger partial charge < -0.3 is 10.1 Å². The Morgan fingerprint density at radius 2 is 2.14 bits per heavy atom. The highest BCUT2D eigenvalue weighted by Crippen LogP contribution is 2.27. The Bertz CT molecular complexity index is 620. The van der Waals surface area contributed by atoms with E-state index >= 15 is 0 Å². The van der Waals surface area contributed by atoms with Gasteiger partial charge in [-0.1, -0.05) is 29.3 Å². The molecule has 1 atom stereocenters. The van der Waals surface area contributed by atoms with Crippen LogP contribution in [0.25, 0.3) is 0 Å². The van der Waals surface area contributed by atoms with Crippen LogP contribution >= 0.6 is 23.2 Å². The number of nitrogens with zero attached hydrogens (tertiary/aromatic N) is 1. The van der Waals surface area contributed by atoms with Gasteiger partial charge in [-0.15, -0.1) is 0 Å². The molecular formula is C15H14Cl2N2O2. The maximum atomic E-state index is 11.8. The molecule has 1 N–H and O–H groups in total. The van der Waals surface area contributed by atoms with Gasteiger partial charge >= 0.3 is 0 Å².